The number of morpholine rings is 1. The number of rotatable bonds is 5. The third-order valence-corrected chi connectivity index (χ3v) is 2.19. The summed E-state index contributed by atoms with van der Waals surface area (Å²) in [6.07, 6.45) is 4.77. The predicted octanol–water partition coefficient (Wildman–Crippen LogP) is 0.527. The van der Waals surface area contributed by atoms with Gasteiger partial charge in [0.2, 0.25) is 0 Å². The highest BCUT2D eigenvalue weighted by Gasteiger charge is 2.11. The van der Waals surface area contributed by atoms with Gasteiger partial charge in [-0.05, 0) is 12.8 Å². The fourth-order valence-electron chi connectivity index (χ4n) is 1.47. The molecule has 12 heavy (non-hydrogen) atoms. The number of ether oxygens (including phenoxy) is 1. The monoisotopic (exact) mass is 173 g/mol. The first kappa shape index (κ1) is 9.96. The lowest BCUT2D eigenvalue weighted by atomic mass is 10.1. The van der Waals surface area contributed by atoms with Crippen LogP contribution in [0.1, 0.15) is 25.7 Å². The SMILES string of the molecule is OCCCCCC1CNCCO1. The zero-order chi connectivity index (χ0) is 8.65. The summed E-state index contributed by atoms with van der Waals surface area (Å²) >= 11 is 0. The summed E-state index contributed by atoms with van der Waals surface area (Å²) in [6.45, 7) is 3.17. The van der Waals surface area contributed by atoms with Gasteiger partial charge < -0.3 is 15.2 Å². The van der Waals surface area contributed by atoms with E-state index in [0.717, 1.165) is 39.0 Å². The molecule has 0 spiro atoms. The Balaban J connectivity index is 1.91. The van der Waals surface area contributed by atoms with E-state index in [-0.39, 0.29) is 0 Å². The number of hydrogen-bond acceptors (Lipinski definition) is 3. The molecule has 2 N–H and O–H groups in total. The maximum absolute atomic E-state index is 8.56. The first-order valence-corrected chi connectivity index (χ1v) is 4.86. The van der Waals surface area contributed by atoms with Gasteiger partial charge in [-0.1, -0.05) is 12.8 Å². The van der Waals surface area contributed by atoms with E-state index in [1.165, 1.54) is 6.42 Å². The van der Waals surface area contributed by atoms with Crippen LogP contribution in [-0.4, -0.2) is 37.5 Å². The molecule has 0 bridgehead atoms. The second-order valence-corrected chi connectivity index (χ2v) is 3.27. The topological polar surface area (TPSA) is 41.5 Å². The van der Waals surface area contributed by atoms with Crippen LogP contribution in [0.25, 0.3) is 0 Å². The van der Waals surface area contributed by atoms with E-state index < -0.39 is 0 Å². The molecule has 0 amide bonds. The molecular weight excluding hydrogens is 154 g/mol. The third kappa shape index (κ3) is 4.04. The molecule has 1 aliphatic heterocycles. The number of aliphatic hydroxyl groups is 1. The van der Waals surface area contributed by atoms with Gasteiger partial charge in [0.25, 0.3) is 0 Å². The number of nitrogens with one attached hydrogen (secondary N) is 1. The Hall–Kier alpha value is -0.120. The number of hydrogen-bond donors (Lipinski definition) is 2. The fourth-order valence-corrected chi connectivity index (χ4v) is 1.47. The van der Waals surface area contributed by atoms with E-state index in [1.807, 2.05) is 0 Å². The van der Waals surface area contributed by atoms with Crippen LogP contribution in [0.2, 0.25) is 0 Å². The summed E-state index contributed by atoms with van der Waals surface area (Å²) in [5.74, 6) is 0. The van der Waals surface area contributed by atoms with Crippen LogP contribution in [0.3, 0.4) is 0 Å². The molecule has 1 rings (SSSR count). The first-order valence-electron chi connectivity index (χ1n) is 4.86. The van der Waals surface area contributed by atoms with Gasteiger partial charge in [0.05, 0.1) is 12.7 Å². The van der Waals surface area contributed by atoms with Crippen LogP contribution in [0, 0.1) is 0 Å². The molecule has 72 valence electrons. The second-order valence-electron chi connectivity index (χ2n) is 3.27. The van der Waals surface area contributed by atoms with Crippen LogP contribution < -0.4 is 5.32 Å². The van der Waals surface area contributed by atoms with Crippen molar-refractivity contribution in [3.05, 3.63) is 0 Å². The summed E-state index contributed by atoms with van der Waals surface area (Å²) < 4.78 is 5.53. The highest BCUT2D eigenvalue weighted by Crippen LogP contribution is 2.07. The van der Waals surface area contributed by atoms with Crippen molar-refractivity contribution in [3.8, 4) is 0 Å². The summed E-state index contributed by atoms with van der Waals surface area (Å²) in [6, 6.07) is 0. The van der Waals surface area contributed by atoms with Crippen LogP contribution in [0.15, 0.2) is 0 Å². The zero-order valence-electron chi connectivity index (χ0n) is 7.59. The molecule has 1 saturated heterocycles. The van der Waals surface area contributed by atoms with E-state index in [9.17, 15) is 0 Å². The maximum Gasteiger partial charge on any atom is 0.0700 e. The van der Waals surface area contributed by atoms with Gasteiger partial charge in [-0.25, -0.2) is 0 Å². The van der Waals surface area contributed by atoms with E-state index in [4.69, 9.17) is 9.84 Å². The van der Waals surface area contributed by atoms with E-state index in [0.29, 0.717) is 12.7 Å². The van der Waals surface area contributed by atoms with Crippen molar-refractivity contribution in [3.63, 3.8) is 0 Å². The largest absolute Gasteiger partial charge is 0.396 e. The lowest BCUT2D eigenvalue weighted by Gasteiger charge is -2.23. The molecule has 0 aromatic heterocycles. The highest BCUT2D eigenvalue weighted by molar-refractivity contribution is 4.66. The molecule has 0 aliphatic carbocycles. The Morgan fingerprint density at radius 3 is 2.92 bits per heavy atom. The van der Waals surface area contributed by atoms with Gasteiger partial charge in [-0.2, -0.15) is 0 Å². The van der Waals surface area contributed by atoms with Crippen LogP contribution >= 0.6 is 0 Å². The van der Waals surface area contributed by atoms with Gasteiger partial charge in [-0.15, -0.1) is 0 Å². The maximum atomic E-state index is 8.56. The number of unbranched alkanes of at least 4 members (excludes halogenated alkanes) is 2. The van der Waals surface area contributed by atoms with Crippen LogP contribution in [-0.2, 0) is 4.74 Å². The minimum atomic E-state index is 0.323. The van der Waals surface area contributed by atoms with Crippen molar-refractivity contribution >= 4 is 0 Å². The fraction of sp³-hybridized carbons (Fsp3) is 1.00. The summed E-state index contributed by atoms with van der Waals surface area (Å²) in [4.78, 5) is 0. The molecule has 3 nitrogen and oxygen atoms in total. The minimum absolute atomic E-state index is 0.323. The first-order chi connectivity index (χ1) is 5.93. The Kier molecular flexibility index (Phi) is 5.32. The average Bonchev–Trinajstić information content (AvgIpc) is 2.14. The van der Waals surface area contributed by atoms with Crippen molar-refractivity contribution in [2.75, 3.05) is 26.3 Å². The molecular formula is C9H19NO2. The van der Waals surface area contributed by atoms with Crippen LogP contribution in [0.5, 0.6) is 0 Å². The van der Waals surface area contributed by atoms with Gasteiger partial charge in [0, 0.05) is 19.7 Å². The molecule has 0 aromatic carbocycles. The van der Waals surface area contributed by atoms with Crippen LogP contribution in [0.4, 0.5) is 0 Å². The standard InChI is InChI=1S/C9H19NO2/c11-6-3-1-2-4-9-8-10-5-7-12-9/h9-11H,1-8H2. The average molecular weight is 173 g/mol. The summed E-state index contributed by atoms with van der Waals surface area (Å²) in [5, 5.41) is 11.9. The van der Waals surface area contributed by atoms with Crippen molar-refractivity contribution in [1.82, 2.24) is 5.32 Å². The van der Waals surface area contributed by atoms with Gasteiger partial charge in [0.1, 0.15) is 0 Å². The van der Waals surface area contributed by atoms with E-state index in [2.05, 4.69) is 5.32 Å². The Bertz CT molecular complexity index is 103. The highest BCUT2D eigenvalue weighted by atomic mass is 16.5. The van der Waals surface area contributed by atoms with Crippen molar-refractivity contribution < 1.29 is 9.84 Å². The lowest BCUT2D eigenvalue weighted by molar-refractivity contribution is 0.0219. The zero-order valence-corrected chi connectivity index (χ0v) is 7.59. The molecule has 0 saturated carbocycles. The van der Waals surface area contributed by atoms with Crippen molar-refractivity contribution in [2.24, 2.45) is 0 Å². The number of aliphatic hydroxyl groups excluding tert-OH is 1. The van der Waals surface area contributed by atoms with E-state index in [1.54, 1.807) is 0 Å². The molecule has 0 aromatic rings. The van der Waals surface area contributed by atoms with Crippen molar-refractivity contribution in [2.45, 2.75) is 31.8 Å². The third-order valence-electron chi connectivity index (χ3n) is 2.19. The quantitative estimate of drug-likeness (QED) is 0.596. The Labute approximate surface area is 74.1 Å². The Morgan fingerprint density at radius 2 is 2.25 bits per heavy atom. The molecule has 1 atom stereocenters. The normalized spacial score (nSPS) is 24.2. The lowest BCUT2D eigenvalue weighted by Crippen LogP contribution is -2.38. The minimum Gasteiger partial charge on any atom is -0.396 e. The van der Waals surface area contributed by atoms with Gasteiger partial charge in [0.15, 0.2) is 0 Å². The molecule has 1 aliphatic rings. The smallest absolute Gasteiger partial charge is 0.0700 e. The molecule has 0 radical (unpaired) electrons. The summed E-state index contributed by atoms with van der Waals surface area (Å²) in [7, 11) is 0. The molecule has 1 fully saturated rings. The van der Waals surface area contributed by atoms with E-state index >= 15 is 0 Å². The Morgan fingerprint density at radius 1 is 1.33 bits per heavy atom. The van der Waals surface area contributed by atoms with Gasteiger partial charge in [-0.3, -0.25) is 0 Å². The molecule has 3 heteroatoms. The second kappa shape index (κ2) is 6.40. The van der Waals surface area contributed by atoms with Crippen molar-refractivity contribution in [1.29, 1.82) is 0 Å². The molecule has 1 heterocycles. The summed E-state index contributed by atoms with van der Waals surface area (Å²) in [5.41, 5.74) is 0. The van der Waals surface area contributed by atoms with Gasteiger partial charge >= 0.3 is 0 Å². The predicted molar refractivity (Wildman–Crippen MR) is 48.2 cm³/mol. The molecule has 1 unspecified atom stereocenters.